The zero-order valence-electron chi connectivity index (χ0n) is 11.2. The van der Waals surface area contributed by atoms with Crippen LogP contribution in [-0.4, -0.2) is 37.6 Å². The van der Waals surface area contributed by atoms with Crippen molar-refractivity contribution in [3.05, 3.63) is 34.5 Å². The number of piperazine rings is 1. The van der Waals surface area contributed by atoms with E-state index in [1.165, 1.54) is 5.56 Å². The van der Waals surface area contributed by atoms with Crippen LogP contribution in [0.1, 0.15) is 11.3 Å². The molecule has 1 saturated heterocycles. The van der Waals surface area contributed by atoms with Crippen LogP contribution in [0, 0.1) is 6.92 Å². The van der Waals surface area contributed by atoms with Crippen molar-refractivity contribution in [2.75, 3.05) is 32.7 Å². The molecule has 1 aromatic heterocycles. The topological polar surface area (TPSA) is 28.4 Å². The molecular weight excluding hydrogens is 260 g/mol. The van der Waals surface area contributed by atoms with Crippen molar-refractivity contribution in [3.63, 3.8) is 0 Å². The van der Waals surface area contributed by atoms with E-state index in [2.05, 4.69) is 17.1 Å². The van der Waals surface area contributed by atoms with Gasteiger partial charge in [-0.1, -0.05) is 11.6 Å². The van der Waals surface area contributed by atoms with Crippen LogP contribution in [0.5, 0.6) is 0 Å². The smallest absolute Gasteiger partial charge is 0.134 e. The van der Waals surface area contributed by atoms with Gasteiger partial charge in [-0.2, -0.15) is 0 Å². The fraction of sp³-hybridized carbons (Fsp3) is 0.467. The van der Waals surface area contributed by atoms with Crippen LogP contribution in [0.15, 0.2) is 22.6 Å². The van der Waals surface area contributed by atoms with Crippen molar-refractivity contribution < 1.29 is 4.42 Å². The average Bonchev–Trinajstić information content (AvgIpc) is 2.74. The van der Waals surface area contributed by atoms with E-state index in [-0.39, 0.29) is 0 Å². The molecule has 1 fully saturated rings. The second kappa shape index (κ2) is 5.53. The molecule has 0 spiro atoms. The number of rotatable bonds is 3. The standard InChI is InChI=1S/C15H19ClN2O/c1-11-13-10-12(16)2-3-15(13)19-14(11)4-7-18-8-5-17-6-9-18/h2-3,10,17H,4-9H2,1H3. The quantitative estimate of drug-likeness (QED) is 0.936. The predicted molar refractivity (Wildman–Crippen MR) is 79.0 cm³/mol. The van der Waals surface area contributed by atoms with E-state index in [1.54, 1.807) is 0 Å². The lowest BCUT2D eigenvalue weighted by atomic mass is 10.1. The van der Waals surface area contributed by atoms with E-state index in [1.807, 2.05) is 18.2 Å². The summed E-state index contributed by atoms with van der Waals surface area (Å²) in [5, 5.41) is 5.28. The molecule has 102 valence electrons. The van der Waals surface area contributed by atoms with Crippen molar-refractivity contribution in [2.45, 2.75) is 13.3 Å². The van der Waals surface area contributed by atoms with E-state index < -0.39 is 0 Å². The third-order valence-corrected chi connectivity index (χ3v) is 4.10. The number of aryl methyl sites for hydroxylation is 1. The highest BCUT2D eigenvalue weighted by Gasteiger charge is 2.14. The highest BCUT2D eigenvalue weighted by Crippen LogP contribution is 2.28. The first-order valence-electron chi connectivity index (χ1n) is 6.84. The summed E-state index contributed by atoms with van der Waals surface area (Å²) in [6.45, 7) is 7.63. The van der Waals surface area contributed by atoms with Gasteiger partial charge >= 0.3 is 0 Å². The maximum Gasteiger partial charge on any atom is 0.134 e. The minimum Gasteiger partial charge on any atom is -0.461 e. The van der Waals surface area contributed by atoms with Gasteiger partial charge in [0.05, 0.1) is 0 Å². The average molecular weight is 279 g/mol. The van der Waals surface area contributed by atoms with Crippen molar-refractivity contribution >= 4 is 22.6 Å². The Labute approximate surface area is 118 Å². The molecule has 3 rings (SSSR count). The lowest BCUT2D eigenvalue weighted by Crippen LogP contribution is -2.44. The van der Waals surface area contributed by atoms with Gasteiger partial charge in [0.2, 0.25) is 0 Å². The first kappa shape index (κ1) is 13.0. The molecule has 0 radical (unpaired) electrons. The van der Waals surface area contributed by atoms with Crippen molar-refractivity contribution in [1.29, 1.82) is 0 Å². The first-order valence-corrected chi connectivity index (χ1v) is 7.22. The van der Waals surface area contributed by atoms with Gasteiger partial charge in [-0.3, -0.25) is 0 Å². The Morgan fingerprint density at radius 1 is 1.32 bits per heavy atom. The van der Waals surface area contributed by atoms with E-state index >= 15 is 0 Å². The summed E-state index contributed by atoms with van der Waals surface area (Å²) >= 11 is 6.04. The summed E-state index contributed by atoms with van der Waals surface area (Å²) in [5.41, 5.74) is 2.17. The Hall–Kier alpha value is -1.03. The molecule has 0 aliphatic carbocycles. The fourth-order valence-corrected chi connectivity index (χ4v) is 2.85. The minimum atomic E-state index is 0.769. The summed E-state index contributed by atoms with van der Waals surface area (Å²) in [6.07, 6.45) is 0.970. The minimum absolute atomic E-state index is 0.769. The lowest BCUT2D eigenvalue weighted by Gasteiger charge is -2.26. The molecule has 1 aliphatic rings. The van der Waals surface area contributed by atoms with Gasteiger partial charge in [-0.05, 0) is 30.7 Å². The number of nitrogens with one attached hydrogen (secondary N) is 1. The molecule has 2 heterocycles. The number of furan rings is 1. The molecule has 2 aromatic rings. The SMILES string of the molecule is Cc1c(CCN2CCNCC2)oc2ccc(Cl)cc12. The molecule has 19 heavy (non-hydrogen) atoms. The largest absolute Gasteiger partial charge is 0.461 e. The third-order valence-electron chi connectivity index (χ3n) is 3.86. The maximum atomic E-state index is 6.04. The third kappa shape index (κ3) is 2.78. The molecule has 1 aromatic carbocycles. The van der Waals surface area contributed by atoms with Crippen LogP contribution < -0.4 is 5.32 Å². The van der Waals surface area contributed by atoms with Gasteiger partial charge in [0.15, 0.2) is 0 Å². The second-order valence-electron chi connectivity index (χ2n) is 5.13. The Morgan fingerprint density at radius 2 is 2.11 bits per heavy atom. The zero-order chi connectivity index (χ0) is 13.2. The van der Waals surface area contributed by atoms with Crippen LogP contribution >= 0.6 is 11.6 Å². The van der Waals surface area contributed by atoms with Crippen molar-refractivity contribution in [1.82, 2.24) is 10.2 Å². The molecule has 1 aliphatic heterocycles. The van der Waals surface area contributed by atoms with Crippen LogP contribution in [0.3, 0.4) is 0 Å². The molecule has 0 bridgehead atoms. The molecule has 0 atom stereocenters. The fourth-order valence-electron chi connectivity index (χ4n) is 2.68. The van der Waals surface area contributed by atoms with E-state index in [0.29, 0.717) is 0 Å². The van der Waals surface area contributed by atoms with Crippen molar-refractivity contribution in [3.8, 4) is 0 Å². The summed E-state index contributed by atoms with van der Waals surface area (Å²) in [6, 6.07) is 5.83. The van der Waals surface area contributed by atoms with Gasteiger partial charge in [0.25, 0.3) is 0 Å². The van der Waals surface area contributed by atoms with Gasteiger partial charge in [-0.25, -0.2) is 0 Å². The molecule has 0 amide bonds. The van der Waals surface area contributed by atoms with E-state index in [4.69, 9.17) is 16.0 Å². The second-order valence-corrected chi connectivity index (χ2v) is 5.57. The molecule has 0 unspecified atom stereocenters. The highest BCUT2D eigenvalue weighted by molar-refractivity contribution is 6.31. The lowest BCUT2D eigenvalue weighted by molar-refractivity contribution is 0.239. The number of halogens is 1. The van der Waals surface area contributed by atoms with Gasteiger partial charge in [0.1, 0.15) is 11.3 Å². The summed E-state index contributed by atoms with van der Waals surface area (Å²) in [4.78, 5) is 2.48. The Morgan fingerprint density at radius 3 is 2.89 bits per heavy atom. The zero-order valence-corrected chi connectivity index (χ0v) is 12.0. The molecule has 3 nitrogen and oxygen atoms in total. The molecule has 0 saturated carbocycles. The van der Waals surface area contributed by atoms with Crippen LogP contribution in [-0.2, 0) is 6.42 Å². The number of nitrogens with zero attached hydrogens (tertiary/aromatic N) is 1. The Bertz CT molecular complexity index is 573. The summed E-state index contributed by atoms with van der Waals surface area (Å²) in [7, 11) is 0. The maximum absolute atomic E-state index is 6.04. The number of fused-ring (bicyclic) bond motifs is 1. The van der Waals surface area contributed by atoms with Crippen LogP contribution in [0.25, 0.3) is 11.0 Å². The first-order chi connectivity index (χ1) is 9.24. The Kier molecular flexibility index (Phi) is 3.78. The van der Waals surface area contributed by atoms with E-state index in [0.717, 1.165) is 60.9 Å². The predicted octanol–water partition coefficient (Wildman–Crippen LogP) is 2.84. The highest BCUT2D eigenvalue weighted by atomic mass is 35.5. The van der Waals surface area contributed by atoms with Crippen LogP contribution in [0.4, 0.5) is 0 Å². The van der Waals surface area contributed by atoms with Crippen molar-refractivity contribution in [2.24, 2.45) is 0 Å². The van der Waals surface area contributed by atoms with Crippen LogP contribution in [0.2, 0.25) is 5.02 Å². The molecule has 4 heteroatoms. The summed E-state index contributed by atoms with van der Waals surface area (Å²) < 4.78 is 5.94. The normalized spacial score (nSPS) is 17.2. The molecular formula is C15H19ClN2O. The molecule has 1 N–H and O–H groups in total. The Balaban J connectivity index is 1.75. The summed E-state index contributed by atoms with van der Waals surface area (Å²) in [5.74, 6) is 1.09. The van der Waals surface area contributed by atoms with Gasteiger partial charge in [0, 0.05) is 49.6 Å². The van der Waals surface area contributed by atoms with E-state index in [9.17, 15) is 0 Å². The van der Waals surface area contributed by atoms with Gasteiger partial charge in [-0.15, -0.1) is 0 Å². The number of hydrogen-bond donors (Lipinski definition) is 1. The monoisotopic (exact) mass is 278 g/mol. The number of hydrogen-bond acceptors (Lipinski definition) is 3. The van der Waals surface area contributed by atoms with Gasteiger partial charge < -0.3 is 14.6 Å². The number of benzene rings is 1.